The number of rotatable bonds is 14. The van der Waals surface area contributed by atoms with Crippen LogP contribution in [-0.2, 0) is 38.4 Å². The number of thioether (sulfide) groups is 2. The fraction of sp³-hybridized carbons (Fsp3) is 0.382. The number of fused-ring (bicyclic) bond motifs is 1. The van der Waals surface area contributed by atoms with Crippen LogP contribution >= 0.6 is 23.5 Å². The molecule has 0 bridgehead atoms. The maximum absolute atomic E-state index is 14.2. The minimum Gasteiger partial charge on any atom is -0.477 e. The number of hydrogen-bond acceptors (Lipinski definition) is 10. The summed E-state index contributed by atoms with van der Waals surface area (Å²) in [6, 6.07) is 9.96. The molecule has 3 N–H and O–H groups in total. The molecule has 3 atom stereocenters. The second-order valence-corrected chi connectivity index (χ2v) is 14.6. The Kier molecular flexibility index (Phi) is 11.0. The lowest BCUT2D eigenvalue weighted by atomic mass is 9.94. The molecule has 0 saturated carbocycles. The Hall–Kier alpha value is -5.43. The Labute approximate surface area is 312 Å². The topological polar surface area (TPSA) is 201 Å². The molecule has 17 nitrogen and oxygen atoms in total. The van der Waals surface area contributed by atoms with Crippen LogP contribution in [0.15, 0.2) is 71.0 Å². The maximum Gasteiger partial charge on any atom is 0.352 e. The predicted molar refractivity (Wildman–Crippen MR) is 188 cm³/mol. The molecule has 5 heterocycles. The van der Waals surface area contributed by atoms with Crippen molar-refractivity contribution in [2.45, 2.75) is 48.2 Å². The van der Waals surface area contributed by atoms with E-state index < -0.39 is 46.7 Å². The minimum absolute atomic E-state index is 0.0379. The van der Waals surface area contributed by atoms with Crippen LogP contribution in [0.4, 0.5) is 0 Å². The van der Waals surface area contributed by atoms with Crippen molar-refractivity contribution >= 4 is 71.8 Å². The highest BCUT2D eigenvalue weighted by Gasteiger charge is 2.66. The number of hydrogen-bond donors (Lipinski definition) is 3. The fourth-order valence-electron chi connectivity index (χ4n) is 6.74. The number of carbonyl (C=O) groups is 8. The van der Waals surface area contributed by atoms with E-state index in [0.717, 1.165) is 44.4 Å². The van der Waals surface area contributed by atoms with E-state index >= 15 is 0 Å². The molecule has 3 fully saturated rings. The monoisotopic (exact) mass is 765 g/mol. The highest BCUT2D eigenvalue weighted by atomic mass is 32.2. The maximum atomic E-state index is 14.2. The van der Waals surface area contributed by atoms with E-state index in [1.165, 1.54) is 28.8 Å². The molecule has 53 heavy (non-hydrogen) atoms. The van der Waals surface area contributed by atoms with Crippen molar-refractivity contribution in [2.75, 3.05) is 42.7 Å². The van der Waals surface area contributed by atoms with Crippen molar-refractivity contribution in [2.24, 2.45) is 0 Å². The number of aliphatic carboxylic acids is 1. The van der Waals surface area contributed by atoms with Crippen molar-refractivity contribution < 1.29 is 48.1 Å². The number of nitrogens with zero attached hydrogens (tertiary/aromatic N) is 6. The van der Waals surface area contributed by atoms with E-state index in [2.05, 4.69) is 10.6 Å². The van der Waals surface area contributed by atoms with Gasteiger partial charge < -0.3 is 20.6 Å². The van der Waals surface area contributed by atoms with Gasteiger partial charge in [0.1, 0.15) is 11.1 Å². The first-order valence-electron chi connectivity index (χ1n) is 16.8. The summed E-state index contributed by atoms with van der Waals surface area (Å²) in [4.78, 5) is 107. The molecule has 278 valence electrons. The van der Waals surface area contributed by atoms with Gasteiger partial charge in [-0.05, 0) is 30.9 Å². The molecule has 4 aliphatic heterocycles. The first-order valence-corrected chi connectivity index (χ1v) is 18.9. The second-order valence-electron chi connectivity index (χ2n) is 12.4. The van der Waals surface area contributed by atoms with E-state index in [0.29, 0.717) is 18.5 Å². The SMILES string of the molecule is CCN1CCN(N(C=O)[C@@H](C(=O)N[C@]2(NC=O)C(=O)N3C(C(=O)O)=C(CSc4cc[n+](N5CCCCC5=O)cc4)CS[C@@H]32)c2ccccc2)C(=O)C1=O. The first kappa shape index (κ1) is 37.3. The molecule has 19 heteroatoms. The molecular formula is C34H37N8O9S2+. The van der Waals surface area contributed by atoms with Gasteiger partial charge >= 0.3 is 17.8 Å². The lowest BCUT2D eigenvalue weighted by Gasteiger charge is -2.56. The molecule has 0 radical (unpaired) electrons. The molecule has 3 saturated heterocycles. The van der Waals surface area contributed by atoms with Gasteiger partial charge in [0.25, 0.3) is 17.7 Å². The van der Waals surface area contributed by atoms with Gasteiger partial charge in [-0.25, -0.2) is 14.8 Å². The molecular weight excluding hydrogens is 729 g/mol. The number of aromatic nitrogens is 1. The van der Waals surface area contributed by atoms with Crippen molar-refractivity contribution in [3.05, 3.63) is 71.7 Å². The van der Waals surface area contributed by atoms with Crippen molar-refractivity contribution in [3.8, 4) is 0 Å². The van der Waals surface area contributed by atoms with Gasteiger partial charge in [0, 0.05) is 48.0 Å². The van der Waals surface area contributed by atoms with E-state index in [4.69, 9.17) is 0 Å². The lowest BCUT2D eigenvalue weighted by molar-refractivity contribution is -0.684. The number of hydrazine groups is 1. The van der Waals surface area contributed by atoms with Crippen LogP contribution in [0.5, 0.6) is 0 Å². The highest BCUT2D eigenvalue weighted by Crippen LogP contribution is 2.46. The van der Waals surface area contributed by atoms with Crippen molar-refractivity contribution in [1.29, 1.82) is 0 Å². The van der Waals surface area contributed by atoms with Gasteiger partial charge in [-0.15, -0.1) is 28.5 Å². The van der Waals surface area contributed by atoms with Gasteiger partial charge in [0.05, 0.1) is 13.1 Å². The number of carbonyl (C=O) groups excluding carboxylic acids is 7. The minimum atomic E-state index is -2.11. The molecule has 7 amide bonds. The van der Waals surface area contributed by atoms with Crippen LogP contribution in [0.3, 0.4) is 0 Å². The van der Waals surface area contributed by atoms with Gasteiger partial charge in [-0.3, -0.25) is 38.5 Å². The number of benzene rings is 1. The average Bonchev–Trinajstić information content (AvgIpc) is 3.17. The lowest BCUT2D eigenvalue weighted by Crippen LogP contribution is -2.85. The van der Waals surface area contributed by atoms with Gasteiger partial charge in [-0.2, -0.15) is 0 Å². The van der Waals surface area contributed by atoms with Crippen LogP contribution in [0.25, 0.3) is 0 Å². The zero-order valence-corrected chi connectivity index (χ0v) is 30.2. The third-order valence-electron chi connectivity index (χ3n) is 9.42. The Morgan fingerprint density at radius 2 is 1.79 bits per heavy atom. The number of carboxylic acid groups (broad SMARTS) is 1. The van der Waals surface area contributed by atoms with Gasteiger partial charge in [-0.1, -0.05) is 35.0 Å². The first-order chi connectivity index (χ1) is 25.6. The third-order valence-corrected chi connectivity index (χ3v) is 11.9. The number of amides is 7. The average molecular weight is 766 g/mol. The van der Waals surface area contributed by atoms with E-state index in [1.807, 2.05) is 12.1 Å². The summed E-state index contributed by atoms with van der Waals surface area (Å²) in [5.41, 5.74) is -1.71. The fourth-order valence-corrected chi connectivity index (χ4v) is 9.19. The zero-order valence-electron chi connectivity index (χ0n) is 28.6. The van der Waals surface area contributed by atoms with Gasteiger partial charge in [0.15, 0.2) is 6.04 Å². The summed E-state index contributed by atoms with van der Waals surface area (Å²) in [5, 5.41) is 17.5. The molecule has 0 spiro atoms. The number of piperidine rings is 1. The van der Waals surface area contributed by atoms with Gasteiger partial charge in [0.2, 0.25) is 30.9 Å². The number of carboxylic acids is 1. The largest absolute Gasteiger partial charge is 0.477 e. The molecule has 1 aromatic heterocycles. The summed E-state index contributed by atoms with van der Waals surface area (Å²) >= 11 is 2.48. The summed E-state index contributed by atoms with van der Waals surface area (Å²) in [5.74, 6) is -4.76. The molecule has 4 aliphatic rings. The molecule has 1 aromatic carbocycles. The summed E-state index contributed by atoms with van der Waals surface area (Å²) in [7, 11) is 0. The molecule has 2 aromatic rings. The second kappa shape index (κ2) is 15.7. The zero-order chi connectivity index (χ0) is 37.9. The highest BCUT2D eigenvalue weighted by molar-refractivity contribution is 8.01. The van der Waals surface area contributed by atoms with Crippen LogP contribution in [0, 0.1) is 0 Å². The van der Waals surface area contributed by atoms with Crippen LogP contribution in [0.2, 0.25) is 0 Å². The van der Waals surface area contributed by atoms with Crippen LogP contribution in [0.1, 0.15) is 37.8 Å². The summed E-state index contributed by atoms with van der Waals surface area (Å²) in [6.07, 6.45) is 6.23. The van der Waals surface area contributed by atoms with E-state index in [1.54, 1.807) is 47.2 Å². The summed E-state index contributed by atoms with van der Waals surface area (Å²) < 4.78 is 1.72. The Morgan fingerprint density at radius 3 is 2.43 bits per heavy atom. The number of likely N-dealkylation sites (N-methyl/N-ethyl adjacent to an activating group) is 1. The molecule has 6 rings (SSSR count). The third kappa shape index (κ3) is 6.93. The summed E-state index contributed by atoms with van der Waals surface area (Å²) in [6.45, 7) is 2.59. The number of β-lactam (4-membered cyclic amide) rings is 1. The Balaban J connectivity index is 1.23. The number of nitrogens with one attached hydrogen (secondary N) is 2. The standard InChI is InChI=1S/C34H36N8O9S2/c1-2-37-16-17-40(30(48)29(37)47)41(21-44)26(22-8-4-3-5-9-22)28(46)36-34(35-20-43)32(51)42-27(31(49)50)23(19-53-33(34)42)18-52-24-11-14-38(15-12-24)39-13-7-6-10-25(39)45/h3-5,8-9,11-12,14-15,20-21,26,33H,2,6-7,10,13,16-19H2,1H3,(H2-,35,36,43,46,49,50)/p+1/t26-,33-,34-/m1/s1. The molecule has 0 unspecified atom stereocenters. The van der Waals surface area contributed by atoms with E-state index in [9.17, 15) is 43.5 Å². The quantitative estimate of drug-likeness (QED) is 0.0551. The molecule has 0 aliphatic carbocycles. The normalized spacial score (nSPS) is 22.2. The Morgan fingerprint density at radius 1 is 1.06 bits per heavy atom. The van der Waals surface area contributed by atoms with Crippen molar-refractivity contribution in [1.82, 2.24) is 30.5 Å². The smallest absolute Gasteiger partial charge is 0.352 e. The number of pyridine rings is 1. The predicted octanol–water partition coefficient (Wildman–Crippen LogP) is -0.668. The van der Waals surface area contributed by atoms with Crippen LogP contribution in [-0.4, -0.2) is 122 Å². The van der Waals surface area contributed by atoms with Crippen LogP contribution < -0.4 is 20.3 Å². The number of piperazine rings is 1. The Bertz CT molecular complexity index is 1860. The van der Waals surface area contributed by atoms with Crippen molar-refractivity contribution in [3.63, 3.8) is 0 Å². The van der Waals surface area contributed by atoms with E-state index in [-0.39, 0.29) is 61.1 Å².